The topological polar surface area (TPSA) is 104 Å². The van der Waals surface area contributed by atoms with Crippen LogP contribution in [0.3, 0.4) is 0 Å². The molecule has 8 heteroatoms. The van der Waals surface area contributed by atoms with E-state index in [4.69, 9.17) is 5.26 Å². The lowest BCUT2D eigenvalue weighted by Gasteiger charge is -2.08. The first-order valence-corrected chi connectivity index (χ1v) is 9.37. The molecule has 0 radical (unpaired) electrons. The van der Waals surface area contributed by atoms with E-state index in [1.165, 1.54) is 36.4 Å². The van der Waals surface area contributed by atoms with Gasteiger partial charge in [-0.25, -0.2) is 16.8 Å². The molecule has 2 rings (SSSR count). The van der Waals surface area contributed by atoms with Crippen LogP contribution >= 0.6 is 0 Å². The average Bonchev–Trinajstić information content (AvgIpc) is 2.54. The number of hydrogen-bond acceptors (Lipinski definition) is 5. The van der Waals surface area contributed by atoms with Crippen molar-refractivity contribution in [3.8, 4) is 6.07 Å². The van der Waals surface area contributed by atoms with Gasteiger partial charge in [-0.15, -0.1) is 0 Å². The van der Waals surface area contributed by atoms with Crippen LogP contribution in [-0.4, -0.2) is 16.8 Å². The number of sulfonamides is 1. The average molecular weight is 348 g/mol. The predicted molar refractivity (Wildman–Crippen MR) is 85.6 cm³/mol. The molecule has 0 saturated carbocycles. The standard InChI is InChI=1S/C15H12N2O4S2/c16-11-4-12-22(18,19)14-9-7-13(8-10-14)17-23(20,21)15-5-2-1-3-6-15/h1-10,12,17H/b12-4+. The van der Waals surface area contributed by atoms with E-state index in [9.17, 15) is 16.8 Å². The van der Waals surface area contributed by atoms with E-state index in [-0.39, 0.29) is 15.5 Å². The van der Waals surface area contributed by atoms with Crippen molar-refractivity contribution in [2.45, 2.75) is 9.79 Å². The van der Waals surface area contributed by atoms with Gasteiger partial charge >= 0.3 is 0 Å². The molecule has 0 aromatic heterocycles. The molecule has 0 aliphatic heterocycles. The van der Waals surface area contributed by atoms with Crippen LogP contribution in [0.1, 0.15) is 0 Å². The third-order valence-electron chi connectivity index (χ3n) is 2.81. The molecule has 0 saturated heterocycles. The normalized spacial score (nSPS) is 12.0. The van der Waals surface area contributed by atoms with E-state index in [1.807, 2.05) is 0 Å². The molecule has 2 aromatic rings. The van der Waals surface area contributed by atoms with Crippen LogP contribution in [0.25, 0.3) is 0 Å². The minimum Gasteiger partial charge on any atom is -0.280 e. The zero-order valence-corrected chi connectivity index (χ0v) is 13.4. The van der Waals surface area contributed by atoms with Gasteiger partial charge in [0.25, 0.3) is 10.0 Å². The van der Waals surface area contributed by atoms with Crippen molar-refractivity contribution in [1.29, 1.82) is 5.26 Å². The van der Waals surface area contributed by atoms with E-state index >= 15 is 0 Å². The molecule has 118 valence electrons. The van der Waals surface area contributed by atoms with Gasteiger partial charge in [0.2, 0.25) is 9.84 Å². The fourth-order valence-corrected chi connectivity index (χ4v) is 3.72. The predicted octanol–water partition coefficient (Wildman–Crippen LogP) is 2.30. The Morgan fingerprint density at radius 3 is 2.04 bits per heavy atom. The zero-order chi connectivity index (χ0) is 16.9. The molecule has 1 N–H and O–H groups in total. The Hall–Kier alpha value is -2.63. The summed E-state index contributed by atoms with van der Waals surface area (Å²) in [5.41, 5.74) is 0.233. The van der Waals surface area contributed by atoms with E-state index in [1.54, 1.807) is 24.3 Å². The second-order valence-corrected chi connectivity index (χ2v) is 7.94. The molecule has 0 bridgehead atoms. The van der Waals surface area contributed by atoms with Gasteiger partial charge in [-0.3, -0.25) is 4.72 Å². The lowest BCUT2D eigenvalue weighted by atomic mass is 10.3. The molecular weight excluding hydrogens is 336 g/mol. The first-order valence-electron chi connectivity index (χ1n) is 6.34. The van der Waals surface area contributed by atoms with Gasteiger partial charge in [-0.1, -0.05) is 18.2 Å². The maximum Gasteiger partial charge on any atom is 0.261 e. The monoisotopic (exact) mass is 348 g/mol. The summed E-state index contributed by atoms with van der Waals surface area (Å²) < 4.78 is 50.3. The van der Waals surface area contributed by atoms with Crippen molar-refractivity contribution in [1.82, 2.24) is 0 Å². The van der Waals surface area contributed by atoms with Gasteiger partial charge in [-0.2, -0.15) is 5.26 Å². The van der Waals surface area contributed by atoms with E-state index in [2.05, 4.69) is 4.72 Å². The lowest BCUT2D eigenvalue weighted by Crippen LogP contribution is -2.12. The highest BCUT2D eigenvalue weighted by atomic mass is 32.2. The van der Waals surface area contributed by atoms with E-state index < -0.39 is 19.9 Å². The highest BCUT2D eigenvalue weighted by molar-refractivity contribution is 7.94. The molecule has 6 nitrogen and oxygen atoms in total. The minimum atomic E-state index is -3.73. The fourth-order valence-electron chi connectivity index (χ4n) is 1.72. The number of hydrogen-bond donors (Lipinski definition) is 1. The molecule has 0 aliphatic carbocycles. The summed E-state index contributed by atoms with van der Waals surface area (Å²) in [6.07, 6.45) is 0.862. The zero-order valence-electron chi connectivity index (χ0n) is 11.7. The van der Waals surface area contributed by atoms with Gasteiger partial charge < -0.3 is 0 Å². The van der Waals surface area contributed by atoms with Crippen LogP contribution in [0.5, 0.6) is 0 Å². The van der Waals surface area contributed by atoms with Gasteiger partial charge in [0, 0.05) is 17.2 Å². The van der Waals surface area contributed by atoms with Gasteiger partial charge in [0.15, 0.2) is 0 Å². The van der Waals surface area contributed by atoms with Crippen molar-refractivity contribution in [2.75, 3.05) is 4.72 Å². The number of sulfone groups is 1. The van der Waals surface area contributed by atoms with Crippen molar-refractivity contribution >= 4 is 25.5 Å². The summed E-state index contributed by atoms with van der Waals surface area (Å²) in [5.74, 6) is 0. The van der Waals surface area contributed by atoms with Crippen molar-refractivity contribution in [3.05, 3.63) is 66.1 Å². The third-order valence-corrected chi connectivity index (χ3v) is 5.63. The van der Waals surface area contributed by atoms with E-state index in [0.717, 1.165) is 11.5 Å². The number of anilines is 1. The van der Waals surface area contributed by atoms with Gasteiger partial charge in [-0.05, 0) is 36.4 Å². The van der Waals surface area contributed by atoms with Crippen molar-refractivity contribution in [3.63, 3.8) is 0 Å². The number of nitriles is 1. The largest absolute Gasteiger partial charge is 0.280 e. The molecule has 0 unspecified atom stereocenters. The number of nitrogens with zero attached hydrogens (tertiary/aromatic N) is 1. The second-order valence-electron chi connectivity index (χ2n) is 4.42. The molecule has 23 heavy (non-hydrogen) atoms. The Morgan fingerprint density at radius 1 is 0.870 bits per heavy atom. The van der Waals surface area contributed by atoms with Crippen LogP contribution in [0.15, 0.2) is 75.9 Å². The van der Waals surface area contributed by atoms with Gasteiger partial charge in [0.1, 0.15) is 0 Å². The SMILES string of the molecule is N#C/C=C/S(=O)(=O)c1ccc(NS(=O)(=O)c2ccccc2)cc1. The number of nitrogens with one attached hydrogen (secondary N) is 1. The summed E-state index contributed by atoms with van der Waals surface area (Å²) in [7, 11) is -7.45. The van der Waals surface area contributed by atoms with Crippen LogP contribution in [-0.2, 0) is 19.9 Å². The summed E-state index contributed by atoms with van der Waals surface area (Å²) in [6, 6.07) is 14.6. The molecule has 0 atom stereocenters. The fraction of sp³-hybridized carbons (Fsp3) is 0. The summed E-state index contributed by atoms with van der Waals surface area (Å²) in [6.45, 7) is 0. The lowest BCUT2D eigenvalue weighted by molar-refractivity contribution is 0.601. The Kier molecular flexibility index (Phi) is 4.83. The van der Waals surface area contributed by atoms with Crippen LogP contribution in [0, 0.1) is 11.3 Å². The Morgan fingerprint density at radius 2 is 1.48 bits per heavy atom. The van der Waals surface area contributed by atoms with Crippen LogP contribution < -0.4 is 4.72 Å². The van der Waals surface area contributed by atoms with Crippen molar-refractivity contribution in [2.24, 2.45) is 0 Å². The maximum atomic E-state index is 12.1. The van der Waals surface area contributed by atoms with Crippen molar-refractivity contribution < 1.29 is 16.8 Å². The highest BCUT2D eigenvalue weighted by Crippen LogP contribution is 2.19. The Balaban J connectivity index is 2.25. The Labute approximate surface area is 134 Å². The minimum absolute atomic E-state index is 0.0355. The number of benzene rings is 2. The molecule has 0 heterocycles. The van der Waals surface area contributed by atoms with E-state index in [0.29, 0.717) is 0 Å². The Bertz CT molecular complexity index is 956. The van der Waals surface area contributed by atoms with Crippen LogP contribution in [0.4, 0.5) is 5.69 Å². The summed E-state index contributed by atoms with van der Waals surface area (Å²) in [4.78, 5) is 0.0697. The molecule has 0 fully saturated rings. The van der Waals surface area contributed by atoms with Crippen LogP contribution in [0.2, 0.25) is 0 Å². The first kappa shape index (κ1) is 16.7. The summed E-state index contributed by atoms with van der Waals surface area (Å²) >= 11 is 0. The molecule has 0 spiro atoms. The molecule has 2 aromatic carbocycles. The molecule has 0 aliphatic rings. The smallest absolute Gasteiger partial charge is 0.261 e. The van der Waals surface area contributed by atoms with Gasteiger partial charge in [0.05, 0.1) is 15.9 Å². The second kappa shape index (κ2) is 6.64. The summed E-state index contributed by atoms with van der Waals surface area (Å²) in [5, 5.41) is 9.17. The molecule has 0 amide bonds. The quantitative estimate of drug-likeness (QED) is 0.835. The molecular formula is C15H12N2O4S2. The highest BCUT2D eigenvalue weighted by Gasteiger charge is 2.14. The maximum absolute atomic E-state index is 12.1. The first-order chi connectivity index (χ1) is 10.8. The number of rotatable bonds is 5. The third kappa shape index (κ3) is 4.18. The number of allylic oxidation sites excluding steroid dienone is 1.